The molecule has 0 radical (unpaired) electrons. The fraction of sp³-hybridized carbons (Fsp3) is 0.842. The number of likely N-dealkylation sites (tertiary alicyclic amines) is 1. The highest BCUT2D eigenvalue weighted by Gasteiger charge is 2.32. The van der Waals surface area contributed by atoms with Crippen LogP contribution in [0.1, 0.15) is 53.4 Å². The average molecular weight is 371 g/mol. The number of carbonyl (C=O) groups excluding carboxylic acids is 3. The van der Waals surface area contributed by atoms with Gasteiger partial charge in [0.15, 0.2) is 0 Å². The number of amides is 1. The Hall–Kier alpha value is -1.79. The molecule has 26 heavy (non-hydrogen) atoms. The van der Waals surface area contributed by atoms with Gasteiger partial charge in [0, 0.05) is 19.5 Å². The second kappa shape index (κ2) is 9.78. The van der Waals surface area contributed by atoms with Crippen molar-refractivity contribution in [2.75, 3.05) is 27.3 Å². The molecule has 0 aromatic carbocycles. The van der Waals surface area contributed by atoms with Gasteiger partial charge in [-0.2, -0.15) is 0 Å². The molecule has 0 saturated carbocycles. The number of nitrogens with zero attached hydrogens (tertiary/aromatic N) is 1. The molecule has 7 nitrogen and oxygen atoms in total. The quantitative estimate of drug-likeness (QED) is 0.527. The fourth-order valence-electron chi connectivity index (χ4n) is 3.25. The zero-order valence-corrected chi connectivity index (χ0v) is 16.9. The number of piperidine rings is 1. The summed E-state index contributed by atoms with van der Waals surface area (Å²) >= 11 is 0. The molecule has 2 atom stereocenters. The monoisotopic (exact) mass is 371 g/mol. The largest absolute Gasteiger partial charge is 0.469 e. The van der Waals surface area contributed by atoms with Crippen LogP contribution in [-0.2, 0) is 23.8 Å². The molecule has 150 valence electrons. The lowest BCUT2D eigenvalue weighted by molar-refractivity contribution is -0.149. The number of hydrogen-bond donors (Lipinski definition) is 0. The van der Waals surface area contributed by atoms with E-state index in [4.69, 9.17) is 14.2 Å². The molecule has 0 aromatic rings. The summed E-state index contributed by atoms with van der Waals surface area (Å²) in [6.07, 6.45) is 2.28. The molecule has 0 aromatic heterocycles. The molecule has 1 heterocycles. The predicted molar refractivity (Wildman–Crippen MR) is 96.5 cm³/mol. The highest BCUT2D eigenvalue weighted by Crippen LogP contribution is 2.31. The molecule has 0 N–H and O–H groups in total. The molecule has 0 aliphatic carbocycles. The highest BCUT2D eigenvalue weighted by atomic mass is 16.6. The minimum Gasteiger partial charge on any atom is -0.469 e. The van der Waals surface area contributed by atoms with Crippen molar-refractivity contribution in [1.29, 1.82) is 0 Å². The molecule has 1 aliphatic rings. The van der Waals surface area contributed by atoms with E-state index in [1.807, 2.05) is 20.8 Å². The Labute approximate surface area is 156 Å². The first kappa shape index (κ1) is 22.3. The maximum Gasteiger partial charge on any atom is 0.410 e. The van der Waals surface area contributed by atoms with E-state index in [0.717, 1.165) is 19.3 Å². The minimum absolute atomic E-state index is 0.132. The van der Waals surface area contributed by atoms with Crippen molar-refractivity contribution >= 4 is 18.0 Å². The number of methoxy groups -OCH3 is 2. The second-order valence-electron chi connectivity index (χ2n) is 8.00. The van der Waals surface area contributed by atoms with E-state index in [2.05, 4.69) is 0 Å². The van der Waals surface area contributed by atoms with Gasteiger partial charge >= 0.3 is 18.0 Å². The predicted octanol–water partition coefficient (Wildman–Crippen LogP) is 3.01. The number of esters is 2. The van der Waals surface area contributed by atoms with Crippen molar-refractivity contribution in [3.8, 4) is 0 Å². The van der Waals surface area contributed by atoms with Crippen molar-refractivity contribution in [3.05, 3.63) is 0 Å². The second-order valence-corrected chi connectivity index (χ2v) is 8.00. The maximum absolute atomic E-state index is 12.1. The van der Waals surface area contributed by atoms with Gasteiger partial charge in [0.2, 0.25) is 0 Å². The zero-order valence-electron chi connectivity index (χ0n) is 16.9. The number of ether oxygens (including phenoxy) is 3. The van der Waals surface area contributed by atoms with Crippen LogP contribution in [0, 0.1) is 17.8 Å². The summed E-state index contributed by atoms with van der Waals surface area (Å²) in [5, 5.41) is 0. The lowest BCUT2D eigenvalue weighted by atomic mass is 9.80. The van der Waals surface area contributed by atoms with Crippen LogP contribution in [-0.4, -0.2) is 55.8 Å². The van der Waals surface area contributed by atoms with E-state index in [-0.39, 0.29) is 36.3 Å². The summed E-state index contributed by atoms with van der Waals surface area (Å²) < 4.78 is 15.0. The topological polar surface area (TPSA) is 82.1 Å². The lowest BCUT2D eigenvalue weighted by Crippen LogP contribution is -2.42. The van der Waals surface area contributed by atoms with Crippen LogP contribution in [0.4, 0.5) is 4.79 Å². The first-order chi connectivity index (χ1) is 12.1. The molecule has 1 saturated heterocycles. The maximum atomic E-state index is 12.1. The summed E-state index contributed by atoms with van der Waals surface area (Å²) in [7, 11) is 2.70. The third-order valence-corrected chi connectivity index (χ3v) is 4.84. The third-order valence-electron chi connectivity index (χ3n) is 4.84. The van der Waals surface area contributed by atoms with Crippen LogP contribution < -0.4 is 0 Å². The molecular formula is C19H33NO6. The molecular weight excluding hydrogens is 338 g/mol. The molecule has 0 spiro atoms. The molecule has 2 unspecified atom stereocenters. The number of rotatable bonds is 6. The molecule has 1 rings (SSSR count). The van der Waals surface area contributed by atoms with Crippen molar-refractivity contribution < 1.29 is 28.6 Å². The van der Waals surface area contributed by atoms with Crippen molar-refractivity contribution in [3.63, 3.8) is 0 Å². The van der Waals surface area contributed by atoms with Gasteiger partial charge in [0.1, 0.15) is 5.60 Å². The van der Waals surface area contributed by atoms with Crippen LogP contribution in [0.25, 0.3) is 0 Å². The van der Waals surface area contributed by atoms with Gasteiger partial charge in [-0.3, -0.25) is 9.59 Å². The van der Waals surface area contributed by atoms with Gasteiger partial charge < -0.3 is 19.1 Å². The van der Waals surface area contributed by atoms with Gasteiger partial charge in [-0.25, -0.2) is 4.79 Å². The van der Waals surface area contributed by atoms with Crippen LogP contribution >= 0.6 is 0 Å². The molecule has 1 amide bonds. The van der Waals surface area contributed by atoms with Crippen LogP contribution in [0.3, 0.4) is 0 Å². The van der Waals surface area contributed by atoms with E-state index in [1.165, 1.54) is 14.2 Å². The zero-order chi connectivity index (χ0) is 19.9. The third kappa shape index (κ3) is 7.22. The van der Waals surface area contributed by atoms with E-state index in [0.29, 0.717) is 19.0 Å². The van der Waals surface area contributed by atoms with Gasteiger partial charge in [-0.15, -0.1) is 0 Å². The van der Waals surface area contributed by atoms with E-state index in [9.17, 15) is 14.4 Å². The summed E-state index contributed by atoms with van der Waals surface area (Å²) in [5.41, 5.74) is -0.504. The number of carbonyl (C=O) groups is 3. The van der Waals surface area contributed by atoms with Crippen LogP contribution in [0.5, 0.6) is 0 Å². The average Bonchev–Trinajstić information content (AvgIpc) is 2.58. The minimum atomic E-state index is -0.504. The SMILES string of the molecule is COC(=O)CC(CC1CCN(C(=O)OC(C)(C)C)CC1)C(C)C(=O)OC. The van der Waals surface area contributed by atoms with E-state index < -0.39 is 5.60 Å². The van der Waals surface area contributed by atoms with Gasteiger partial charge in [-0.05, 0) is 51.9 Å². The molecule has 0 bridgehead atoms. The van der Waals surface area contributed by atoms with Gasteiger partial charge in [-0.1, -0.05) is 6.92 Å². The van der Waals surface area contributed by atoms with E-state index >= 15 is 0 Å². The van der Waals surface area contributed by atoms with E-state index in [1.54, 1.807) is 11.8 Å². The Balaban J connectivity index is 2.61. The first-order valence-electron chi connectivity index (χ1n) is 9.20. The smallest absolute Gasteiger partial charge is 0.410 e. The Morgan fingerprint density at radius 3 is 2.12 bits per heavy atom. The van der Waals surface area contributed by atoms with Gasteiger partial charge in [0.05, 0.1) is 20.1 Å². The summed E-state index contributed by atoms with van der Waals surface area (Å²) in [5.74, 6) is -0.798. The molecule has 7 heteroatoms. The Morgan fingerprint density at radius 1 is 1.08 bits per heavy atom. The first-order valence-corrected chi connectivity index (χ1v) is 9.20. The molecule has 1 fully saturated rings. The summed E-state index contributed by atoms with van der Waals surface area (Å²) in [6, 6.07) is 0. The normalized spacial score (nSPS) is 18.0. The lowest BCUT2D eigenvalue weighted by Gasteiger charge is -2.35. The summed E-state index contributed by atoms with van der Waals surface area (Å²) in [4.78, 5) is 37.5. The highest BCUT2D eigenvalue weighted by molar-refractivity contribution is 5.74. The number of hydrogen-bond acceptors (Lipinski definition) is 6. The van der Waals surface area contributed by atoms with Crippen molar-refractivity contribution in [2.45, 2.75) is 59.0 Å². The summed E-state index contributed by atoms with van der Waals surface area (Å²) in [6.45, 7) is 8.58. The van der Waals surface area contributed by atoms with Crippen molar-refractivity contribution in [2.24, 2.45) is 17.8 Å². The van der Waals surface area contributed by atoms with Gasteiger partial charge in [0.25, 0.3) is 0 Å². The molecule has 1 aliphatic heterocycles. The standard InChI is InChI=1S/C19H33NO6/c1-13(17(22)25-6)15(12-16(21)24-5)11-14-7-9-20(10-8-14)18(23)26-19(2,3)4/h13-15H,7-12H2,1-6H3. The van der Waals surface area contributed by atoms with Crippen LogP contribution in [0.15, 0.2) is 0 Å². The Morgan fingerprint density at radius 2 is 1.65 bits per heavy atom. The Kier molecular flexibility index (Phi) is 8.37. The fourth-order valence-corrected chi connectivity index (χ4v) is 3.25. The Bertz CT molecular complexity index is 491. The van der Waals surface area contributed by atoms with Crippen molar-refractivity contribution in [1.82, 2.24) is 4.90 Å². The van der Waals surface area contributed by atoms with Crippen LogP contribution in [0.2, 0.25) is 0 Å².